The highest BCUT2D eigenvalue weighted by Crippen LogP contribution is 2.15. The van der Waals surface area contributed by atoms with E-state index in [1.807, 2.05) is 35.2 Å². The van der Waals surface area contributed by atoms with E-state index in [2.05, 4.69) is 9.97 Å². The smallest absolute Gasteiger partial charge is 0.247 e. The molecule has 1 fully saturated rings. The number of pyridine rings is 2. The summed E-state index contributed by atoms with van der Waals surface area (Å²) in [5.74, 6) is -0.0417. The second kappa shape index (κ2) is 8.36. The molecule has 0 aromatic carbocycles. The lowest BCUT2D eigenvalue weighted by atomic mass is 10.2. The number of ether oxygens (including phenoxy) is 1. The zero-order valence-corrected chi connectivity index (χ0v) is 13.5. The summed E-state index contributed by atoms with van der Waals surface area (Å²) in [6.45, 7) is 1.91. The molecule has 1 unspecified atom stereocenters. The maximum Gasteiger partial charge on any atom is 0.247 e. The van der Waals surface area contributed by atoms with Crippen molar-refractivity contribution in [1.29, 1.82) is 0 Å². The maximum atomic E-state index is 12.6. The zero-order chi connectivity index (χ0) is 16.6. The number of amides is 1. The summed E-state index contributed by atoms with van der Waals surface area (Å²) < 4.78 is 5.69. The quantitative estimate of drug-likeness (QED) is 0.767. The van der Waals surface area contributed by atoms with Gasteiger partial charge in [-0.2, -0.15) is 0 Å². The van der Waals surface area contributed by atoms with Crippen LogP contribution in [0.3, 0.4) is 0 Å². The van der Waals surface area contributed by atoms with Crippen molar-refractivity contribution in [2.45, 2.75) is 25.5 Å². The lowest BCUT2D eigenvalue weighted by molar-refractivity contribution is -0.128. The van der Waals surface area contributed by atoms with Crippen LogP contribution in [0.4, 0.5) is 0 Å². The first kappa shape index (κ1) is 16.3. The maximum absolute atomic E-state index is 12.6. The van der Waals surface area contributed by atoms with Gasteiger partial charge >= 0.3 is 0 Å². The van der Waals surface area contributed by atoms with E-state index in [0.717, 1.165) is 30.7 Å². The van der Waals surface area contributed by atoms with Gasteiger partial charge in [0.15, 0.2) is 0 Å². The number of aromatic nitrogens is 2. The van der Waals surface area contributed by atoms with Gasteiger partial charge in [-0.05, 0) is 42.7 Å². The Morgan fingerprint density at radius 2 is 2.25 bits per heavy atom. The molecule has 2 aromatic rings. The predicted octanol–water partition coefficient (Wildman–Crippen LogP) is 2.70. The molecule has 24 heavy (non-hydrogen) atoms. The van der Waals surface area contributed by atoms with Gasteiger partial charge in [-0.1, -0.05) is 12.1 Å². The number of rotatable bonds is 6. The minimum atomic E-state index is -0.0417. The minimum absolute atomic E-state index is 0.0417. The lowest BCUT2D eigenvalue weighted by Crippen LogP contribution is -2.35. The predicted molar refractivity (Wildman–Crippen MR) is 91.9 cm³/mol. The molecule has 124 valence electrons. The normalized spacial score (nSPS) is 17.2. The van der Waals surface area contributed by atoms with Crippen LogP contribution in [0, 0.1) is 0 Å². The van der Waals surface area contributed by atoms with Gasteiger partial charge in [0.1, 0.15) is 0 Å². The summed E-state index contributed by atoms with van der Waals surface area (Å²) in [5, 5.41) is 0. The average molecular weight is 323 g/mol. The van der Waals surface area contributed by atoms with Crippen LogP contribution in [0.15, 0.2) is 55.0 Å². The topological polar surface area (TPSA) is 55.3 Å². The third-order valence-corrected chi connectivity index (χ3v) is 3.94. The van der Waals surface area contributed by atoms with Gasteiger partial charge in [0.05, 0.1) is 11.8 Å². The molecule has 1 amide bonds. The van der Waals surface area contributed by atoms with Crippen LogP contribution in [0.25, 0.3) is 6.08 Å². The second-order valence-electron chi connectivity index (χ2n) is 5.80. The van der Waals surface area contributed by atoms with Crippen LogP contribution in [-0.4, -0.2) is 40.0 Å². The van der Waals surface area contributed by atoms with Crippen molar-refractivity contribution in [3.05, 3.63) is 66.3 Å². The molecule has 3 rings (SSSR count). The molecule has 0 spiro atoms. The molecule has 1 atom stereocenters. The number of hydrogen-bond donors (Lipinski definition) is 0. The molecular weight excluding hydrogens is 302 g/mol. The molecule has 5 heteroatoms. The van der Waals surface area contributed by atoms with Crippen LogP contribution in [-0.2, 0) is 16.1 Å². The van der Waals surface area contributed by atoms with E-state index in [4.69, 9.17) is 4.74 Å². The highest BCUT2D eigenvalue weighted by molar-refractivity contribution is 5.91. The number of carbonyl (C=O) groups is 1. The summed E-state index contributed by atoms with van der Waals surface area (Å²) in [7, 11) is 0. The van der Waals surface area contributed by atoms with Gasteiger partial charge in [0.25, 0.3) is 0 Å². The Labute approximate surface area is 142 Å². The Kier molecular flexibility index (Phi) is 5.69. The lowest BCUT2D eigenvalue weighted by Gasteiger charge is -2.24. The van der Waals surface area contributed by atoms with Gasteiger partial charge in [0.2, 0.25) is 5.91 Å². The molecule has 2 aromatic heterocycles. The van der Waals surface area contributed by atoms with Crippen LogP contribution in [0.2, 0.25) is 0 Å². The molecule has 0 aliphatic carbocycles. The van der Waals surface area contributed by atoms with E-state index >= 15 is 0 Å². The largest absolute Gasteiger partial charge is 0.376 e. The Morgan fingerprint density at radius 1 is 1.29 bits per heavy atom. The van der Waals surface area contributed by atoms with Crippen LogP contribution < -0.4 is 0 Å². The van der Waals surface area contributed by atoms with Gasteiger partial charge in [-0.25, -0.2) is 0 Å². The molecule has 0 radical (unpaired) electrons. The van der Waals surface area contributed by atoms with E-state index in [9.17, 15) is 4.79 Å². The molecule has 0 bridgehead atoms. The third kappa shape index (κ3) is 4.73. The van der Waals surface area contributed by atoms with Crippen molar-refractivity contribution in [1.82, 2.24) is 14.9 Å². The van der Waals surface area contributed by atoms with E-state index in [0.29, 0.717) is 13.1 Å². The van der Waals surface area contributed by atoms with Crippen molar-refractivity contribution < 1.29 is 9.53 Å². The first-order valence-corrected chi connectivity index (χ1v) is 8.20. The van der Waals surface area contributed by atoms with Crippen molar-refractivity contribution in [3.63, 3.8) is 0 Å². The molecule has 0 saturated carbocycles. The fourth-order valence-corrected chi connectivity index (χ4v) is 2.72. The fraction of sp³-hybridized carbons (Fsp3) is 0.316. The molecule has 3 heterocycles. The summed E-state index contributed by atoms with van der Waals surface area (Å²) >= 11 is 0. The van der Waals surface area contributed by atoms with Gasteiger partial charge in [-0.3, -0.25) is 14.8 Å². The molecule has 0 N–H and O–H groups in total. The monoisotopic (exact) mass is 323 g/mol. The summed E-state index contributed by atoms with van der Waals surface area (Å²) in [6, 6.07) is 9.48. The van der Waals surface area contributed by atoms with Gasteiger partial charge in [0, 0.05) is 44.4 Å². The van der Waals surface area contributed by atoms with E-state index < -0.39 is 0 Å². The van der Waals surface area contributed by atoms with Crippen molar-refractivity contribution in [2.24, 2.45) is 0 Å². The summed E-state index contributed by atoms with van der Waals surface area (Å²) in [5.41, 5.74) is 1.78. The number of carbonyl (C=O) groups excluding carboxylic acids is 1. The molecule has 1 saturated heterocycles. The zero-order valence-electron chi connectivity index (χ0n) is 13.5. The van der Waals surface area contributed by atoms with Crippen LogP contribution in [0.1, 0.15) is 24.1 Å². The summed E-state index contributed by atoms with van der Waals surface area (Å²) in [6.07, 6.45) is 10.7. The van der Waals surface area contributed by atoms with E-state index in [1.54, 1.807) is 30.7 Å². The number of nitrogens with zero attached hydrogens (tertiary/aromatic N) is 3. The Morgan fingerprint density at radius 3 is 2.96 bits per heavy atom. The highest BCUT2D eigenvalue weighted by atomic mass is 16.5. The van der Waals surface area contributed by atoms with Crippen LogP contribution >= 0.6 is 0 Å². The second-order valence-corrected chi connectivity index (χ2v) is 5.80. The van der Waals surface area contributed by atoms with Crippen molar-refractivity contribution in [3.8, 4) is 0 Å². The van der Waals surface area contributed by atoms with Gasteiger partial charge in [-0.15, -0.1) is 0 Å². The van der Waals surface area contributed by atoms with Crippen molar-refractivity contribution >= 4 is 12.0 Å². The fourth-order valence-electron chi connectivity index (χ4n) is 2.72. The Balaban J connectivity index is 1.70. The van der Waals surface area contributed by atoms with E-state index in [1.165, 1.54) is 0 Å². The average Bonchev–Trinajstić information content (AvgIpc) is 3.14. The first-order chi connectivity index (χ1) is 11.8. The SMILES string of the molecule is O=C(C=Cc1ccccn1)N(Cc1cccnc1)CC1CCCO1. The van der Waals surface area contributed by atoms with Gasteiger partial charge < -0.3 is 9.64 Å². The molecule has 5 nitrogen and oxygen atoms in total. The molecular formula is C19H21N3O2. The first-order valence-electron chi connectivity index (χ1n) is 8.20. The minimum Gasteiger partial charge on any atom is -0.376 e. The standard InChI is InChI=1S/C19H21N3O2/c23-19(9-8-17-6-1-2-11-21-17)22(15-18-7-4-12-24-18)14-16-5-3-10-20-13-16/h1-3,5-6,8-11,13,18H,4,7,12,14-15H2. The van der Waals surface area contributed by atoms with E-state index in [-0.39, 0.29) is 12.0 Å². The molecule has 1 aliphatic rings. The Hall–Kier alpha value is -2.53. The van der Waals surface area contributed by atoms with Crippen LogP contribution in [0.5, 0.6) is 0 Å². The highest BCUT2D eigenvalue weighted by Gasteiger charge is 2.21. The van der Waals surface area contributed by atoms with Crippen molar-refractivity contribution in [2.75, 3.05) is 13.2 Å². The Bertz CT molecular complexity index is 668. The number of hydrogen-bond acceptors (Lipinski definition) is 4. The summed E-state index contributed by atoms with van der Waals surface area (Å²) in [4.78, 5) is 22.8. The third-order valence-electron chi connectivity index (χ3n) is 3.94. The molecule has 1 aliphatic heterocycles.